The summed E-state index contributed by atoms with van der Waals surface area (Å²) < 4.78 is 41.1. The predicted molar refractivity (Wildman–Crippen MR) is 62.1 cm³/mol. The fourth-order valence-electron chi connectivity index (χ4n) is 1.57. The minimum atomic E-state index is -1.21. The monoisotopic (exact) mass is 254 g/mol. The van der Waals surface area contributed by atoms with Crippen LogP contribution >= 0.6 is 0 Å². The molecule has 1 heterocycles. The molecule has 0 fully saturated rings. The number of rotatable bonds is 1. The van der Waals surface area contributed by atoms with Gasteiger partial charge in [0.15, 0.2) is 11.6 Å². The molecule has 0 atom stereocenters. The Bertz CT molecular complexity index is 582. The highest BCUT2D eigenvalue weighted by molar-refractivity contribution is 5.35. The largest absolute Gasteiger partial charge is 0.303 e. The van der Waals surface area contributed by atoms with Gasteiger partial charge in [-0.25, -0.2) is 18.2 Å². The molecule has 2 aromatic rings. The van der Waals surface area contributed by atoms with Crippen LogP contribution in [0.25, 0.3) is 5.69 Å². The number of hydrogen-bond donors (Lipinski definition) is 0. The molecular formula is C13H13F3N2. The van der Waals surface area contributed by atoms with Crippen molar-refractivity contribution < 1.29 is 13.2 Å². The van der Waals surface area contributed by atoms with E-state index in [4.69, 9.17) is 0 Å². The van der Waals surface area contributed by atoms with E-state index in [1.165, 1.54) is 10.9 Å². The Labute approximate surface area is 103 Å². The van der Waals surface area contributed by atoms with Crippen LogP contribution in [0.15, 0.2) is 24.7 Å². The standard InChI is InChI=1S/C13H13F3N2/c1-13(2,3)11-6-18(7-17-11)10-5-8(14)4-9(15)12(10)16/h4-7H,1-3H3. The summed E-state index contributed by atoms with van der Waals surface area (Å²) in [5, 5.41) is 0. The molecule has 0 aliphatic carbocycles. The highest BCUT2D eigenvalue weighted by atomic mass is 19.2. The molecule has 5 heteroatoms. The van der Waals surface area contributed by atoms with Crippen LogP contribution in [0.1, 0.15) is 26.5 Å². The number of halogens is 3. The lowest BCUT2D eigenvalue weighted by Crippen LogP contribution is -2.11. The third kappa shape index (κ3) is 2.25. The predicted octanol–water partition coefficient (Wildman–Crippen LogP) is 3.59. The molecule has 0 radical (unpaired) electrons. The number of nitrogens with zero attached hydrogens (tertiary/aromatic N) is 2. The number of hydrogen-bond acceptors (Lipinski definition) is 1. The van der Waals surface area contributed by atoms with E-state index in [-0.39, 0.29) is 11.1 Å². The summed E-state index contributed by atoms with van der Waals surface area (Å²) in [6.45, 7) is 5.84. The summed E-state index contributed by atoms with van der Waals surface area (Å²) in [5.41, 5.74) is 0.315. The van der Waals surface area contributed by atoms with Crippen LogP contribution in [-0.4, -0.2) is 9.55 Å². The van der Waals surface area contributed by atoms with Gasteiger partial charge in [-0.15, -0.1) is 0 Å². The molecule has 1 aromatic carbocycles. The first-order chi connectivity index (χ1) is 8.29. The second-order valence-electron chi connectivity index (χ2n) is 5.14. The highest BCUT2D eigenvalue weighted by Gasteiger charge is 2.19. The third-order valence-corrected chi connectivity index (χ3v) is 2.60. The minimum absolute atomic E-state index is 0.185. The maximum atomic E-state index is 13.6. The Morgan fingerprint density at radius 3 is 2.33 bits per heavy atom. The van der Waals surface area contributed by atoms with E-state index in [1.54, 1.807) is 6.20 Å². The van der Waals surface area contributed by atoms with E-state index in [0.29, 0.717) is 11.8 Å². The zero-order valence-corrected chi connectivity index (χ0v) is 10.3. The molecule has 0 aliphatic rings. The molecule has 2 rings (SSSR count). The molecule has 18 heavy (non-hydrogen) atoms. The van der Waals surface area contributed by atoms with Gasteiger partial charge in [0.2, 0.25) is 0 Å². The first kappa shape index (κ1) is 12.7. The molecule has 2 nitrogen and oxygen atoms in total. The van der Waals surface area contributed by atoms with Gasteiger partial charge in [-0.1, -0.05) is 20.8 Å². The van der Waals surface area contributed by atoms with Crippen LogP contribution < -0.4 is 0 Å². The Morgan fingerprint density at radius 1 is 1.11 bits per heavy atom. The van der Waals surface area contributed by atoms with Crippen molar-refractivity contribution in [3.8, 4) is 5.69 Å². The quantitative estimate of drug-likeness (QED) is 0.711. The van der Waals surface area contributed by atoms with E-state index in [0.717, 1.165) is 6.07 Å². The van der Waals surface area contributed by atoms with Gasteiger partial charge in [0.25, 0.3) is 0 Å². The van der Waals surface area contributed by atoms with Gasteiger partial charge in [-0.2, -0.15) is 0 Å². The molecule has 0 saturated heterocycles. The van der Waals surface area contributed by atoms with Crippen molar-refractivity contribution in [2.24, 2.45) is 0 Å². The maximum absolute atomic E-state index is 13.6. The van der Waals surface area contributed by atoms with Crippen LogP contribution in [0.4, 0.5) is 13.2 Å². The minimum Gasteiger partial charge on any atom is -0.303 e. The van der Waals surface area contributed by atoms with Gasteiger partial charge in [-0.05, 0) is 0 Å². The summed E-state index contributed by atoms with van der Waals surface area (Å²) >= 11 is 0. The molecule has 0 saturated carbocycles. The van der Waals surface area contributed by atoms with Crippen molar-refractivity contribution in [2.75, 3.05) is 0 Å². The van der Waals surface area contributed by atoms with Crippen LogP contribution in [0.3, 0.4) is 0 Å². The van der Waals surface area contributed by atoms with Crippen molar-refractivity contribution in [3.63, 3.8) is 0 Å². The summed E-state index contributed by atoms with van der Waals surface area (Å²) in [6, 6.07) is 1.45. The fraction of sp³-hybridized carbons (Fsp3) is 0.308. The molecular weight excluding hydrogens is 241 g/mol. The zero-order chi connectivity index (χ0) is 13.5. The van der Waals surface area contributed by atoms with Gasteiger partial charge in [0, 0.05) is 23.7 Å². The fourth-order valence-corrected chi connectivity index (χ4v) is 1.57. The van der Waals surface area contributed by atoms with Crippen molar-refractivity contribution >= 4 is 0 Å². The van der Waals surface area contributed by atoms with Crippen molar-refractivity contribution in [1.82, 2.24) is 9.55 Å². The molecule has 1 aromatic heterocycles. The Balaban J connectivity index is 2.53. The molecule has 0 bridgehead atoms. The summed E-state index contributed by atoms with van der Waals surface area (Å²) in [5.74, 6) is -3.12. The number of benzene rings is 1. The summed E-state index contributed by atoms with van der Waals surface area (Å²) in [6.07, 6.45) is 2.91. The zero-order valence-electron chi connectivity index (χ0n) is 10.3. The van der Waals surface area contributed by atoms with Crippen molar-refractivity contribution in [1.29, 1.82) is 0 Å². The van der Waals surface area contributed by atoms with Crippen LogP contribution in [0.2, 0.25) is 0 Å². The lowest BCUT2D eigenvalue weighted by molar-refractivity contribution is 0.490. The number of aromatic nitrogens is 2. The molecule has 0 unspecified atom stereocenters. The first-order valence-corrected chi connectivity index (χ1v) is 5.48. The van der Waals surface area contributed by atoms with Gasteiger partial charge in [0.1, 0.15) is 5.82 Å². The Hall–Kier alpha value is -1.78. The van der Waals surface area contributed by atoms with E-state index < -0.39 is 17.5 Å². The van der Waals surface area contributed by atoms with E-state index in [1.807, 2.05) is 20.8 Å². The molecule has 96 valence electrons. The van der Waals surface area contributed by atoms with Gasteiger partial charge in [0.05, 0.1) is 17.7 Å². The topological polar surface area (TPSA) is 17.8 Å². The first-order valence-electron chi connectivity index (χ1n) is 5.48. The molecule has 0 amide bonds. The van der Waals surface area contributed by atoms with Gasteiger partial charge < -0.3 is 4.57 Å². The highest BCUT2D eigenvalue weighted by Crippen LogP contribution is 2.23. The lowest BCUT2D eigenvalue weighted by Gasteiger charge is -2.14. The Kier molecular flexibility index (Phi) is 2.92. The maximum Gasteiger partial charge on any atom is 0.182 e. The SMILES string of the molecule is CC(C)(C)c1cn(-c2cc(F)cc(F)c2F)cn1. The Morgan fingerprint density at radius 2 is 1.78 bits per heavy atom. The van der Waals surface area contributed by atoms with E-state index >= 15 is 0 Å². The van der Waals surface area contributed by atoms with Crippen molar-refractivity contribution in [3.05, 3.63) is 47.8 Å². The van der Waals surface area contributed by atoms with Gasteiger partial charge in [-0.3, -0.25) is 0 Å². The van der Waals surface area contributed by atoms with Crippen LogP contribution in [0.5, 0.6) is 0 Å². The lowest BCUT2D eigenvalue weighted by atomic mass is 9.93. The second kappa shape index (κ2) is 4.15. The normalized spacial score (nSPS) is 11.9. The van der Waals surface area contributed by atoms with E-state index in [2.05, 4.69) is 4.98 Å². The van der Waals surface area contributed by atoms with Crippen LogP contribution in [-0.2, 0) is 5.41 Å². The molecule has 0 N–H and O–H groups in total. The van der Waals surface area contributed by atoms with Crippen molar-refractivity contribution in [2.45, 2.75) is 26.2 Å². The smallest absolute Gasteiger partial charge is 0.182 e. The average molecular weight is 254 g/mol. The summed E-state index contributed by atoms with van der Waals surface area (Å²) in [4.78, 5) is 4.12. The number of imidazole rings is 1. The van der Waals surface area contributed by atoms with Gasteiger partial charge >= 0.3 is 0 Å². The summed E-state index contributed by atoms with van der Waals surface area (Å²) in [7, 11) is 0. The molecule has 0 aliphatic heterocycles. The van der Waals surface area contributed by atoms with Crippen LogP contribution in [0, 0.1) is 17.5 Å². The average Bonchev–Trinajstić information content (AvgIpc) is 2.71. The second-order valence-corrected chi connectivity index (χ2v) is 5.14. The third-order valence-electron chi connectivity index (χ3n) is 2.60. The van der Waals surface area contributed by atoms with E-state index in [9.17, 15) is 13.2 Å². The molecule has 0 spiro atoms.